The number of amides is 2. The summed E-state index contributed by atoms with van der Waals surface area (Å²) in [7, 11) is 0. The molecular formula is C15H14N2O3. The van der Waals surface area contributed by atoms with E-state index in [0.717, 1.165) is 5.56 Å². The molecule has 2 aromatic rings. The van der Waals surface area contributed by atoms with Crippen molar-refractivity contribution in [2.24, 2.45) is 0 Å². The summed E-state index contributed by atoms with van der Waals surface area (Å²) in [5, 5.41) is 13.6. The van der Waals surface area contributed by atoms with Crippen LogP contribution in [0.25, 0.3) is 0 Å². The van der Waals surface area contributed by atoms with Crippen LogP contribution in [0.4, 0.5) is 16.2 Å². The van der Waals surface area contributed by atoms with Crippen molar-refractivity contribution < 1.29 is 14.7 Å². The maximum atomic E-state index is 12.1. The van der Waals surface area contributed by atoms with Crippen molar-refractivity contribution in [2.75, 3.05) is 10.6 Å². The Morgan fingerprint density at radius 2 is 1.45 bits per heavy atom. The lowest BCUT2D eigenvalue weighted by Gasteiger charge is -2.08. The molecule has 2 amide bonds. The van der Waals surface area contributed by atoms with Crippen LogP contribution in [0.5, 0.6) is 0 Å². The normalized spacial score (nSPS) is 9.85. The van der Waals surface area contributed by atoms with Crippen LogP contribution in [0, 0.1) is 6.92 Å². The summed E-state index contributed by atoms with van der Waals surface area (Å²) in [5.41, 5.74) is 2.56. The Morgan fingerprint density at radius 1 is 0.900 bits per heavy atom. The molecule has 102 valence electrons. The number of carbonyl (C=O) groups is 2. The van der Waals surface area contributed by atoms with E-state index < -0.39 is 6.09 Å². The number of carboxylic acid groups (broad SMARTS) is 1. The summed E-state index contributed by atoms with van der Waals surface area (Å²) in [6.07, 6.45) is -1.12. The summed E-state index contributed by atoms with van der Waals surface area (Å²) in [4.78, 5) is 22.5. The molecule has 0 radical (unpaired) electrons. The van der Waals surface area contributed by atoms with Crippen LogP contribution < -0.4 is 10.6 Å². The average Bonchev–Trinajstić information content (AvgIpc) is 2.41. The van der Waals surface area contributed by atoms with Crippen LogP contribution >= 0.6 is 0 Å². The zero-order valence-corrected chi connectivity index (χ0v) is 10.9. The van der Waals surface area contributed by atoms with Crippen LogP contribution in [-0.4, -0.2) is 17.1 Å². The van der Waals surface area contributed by atoms with Gasteiger partial charge in [0.25, 0.3) is 5.91 Å². The van der Waals surface area contributed by atoms with Gasteiger partial charge in [-0.25, -0.2) is 4.79 Å². The van der Waals surface area contributed by atoms with Gasteiger partial charge < -0.3 is 10.4 Å². The maximum absolute atomic E-state index is 12.1. The minimum Gasteiger partial charge on any atom is -0.465 e. The minimum absolute atomic E-state index is 0.193. The molecule has 3 N–H and O–H groups in total. The highest BCUT2D eigenvalue weighted by Gasteiger charge is 2.08. The third-order valence-corrected chi connectivity index (χ3v) is 2.78. The van der Waals surface area contributed by atoms with E-state index in [1.807, 2.05) is 25.1 Å². The summed E-state index contributed by atoms with van der Waals surface area (Å²) in [6, 6.07) is 13.8. The van der Waals surface area contributed by atoms with Crippen molar-refractivity contribution in [1.29, 1.82) is 0 Å². The molecule has 0 unspecified atom stereocenters. The predicted molar refractivity (Wildman–Crippen MR) is 77.2 cm³/mol. The van der Waals surface area contributed by atoms with Gasteiger partial charge in [0.15, 0.2) is 0 Å². The number of anilines is 2. The molecule has 0 aliphatic rings. The van der Waals surface area contributed by atoms with Gasteiger partial charge in [0.1, 0.15) is 0 Å². The molecule has 2 aromatic carbocycles. The van der Waals surface area contributed by atoms with E-state index in [0.29, 0.717) is 16.9 Å². The van der Waals surface area contributed by atoms with E-state index in [1.54, 1.807) is 30.3 Å². The standard InChI is InChI=1S/C15H14N2O3/c1-10-4-2-3-5-13(10)14(18)16-11-6-8-12(9-7-11)17-15(19)20/h2-9,17H,1H3,(H,16,18)(H,19,20). The van der Waals surface area contributed by atoms with Crippen LogP contribution in [0.15, 0.2) is 48.5 Å². The van der Waals surface area contributed by atoms with Gasteiger partial charge in [0, 0.05) is 16.9 Å². The fraction of sp³-hybridized carbons (Fsp3) is 0.0667. The van der Waals surface area contributed by atoms with E-state index in [1.165, 1.54) is 0 Å². The second kappa shape index (κ2) is 5.88. The molecule has 0 aliphatic carbocycles. The fourth-order valence-electron chi connectivity index (χ4n) is 1.79. The first-order valence-corrected chi connectivity index (χ1v) is 6.03. The Hall–Kier alpha value is -2.82. The molecule has 5 nitrogen and oxygen atoms in total. The number of carbonyl (C=O) groups excluding carboxylic acids is 1. The summed E-state index contributed by atoms with van der Waals surface area (Å²) in [5.74, 6) is -0.193. The zero-order chi connectivity index (χ0) is 14.5. The number of hydrogen-bond donors (Lipinski definition) is 3. The maximum Gasteiger partial charge on any atom is 0.409 e. The van der Waals surface area contributed by atoms with Crippen LogP contribution in [-0.2, 0) is 0 Å². The molecule has 0 aliphatic heterocycles. The first-order valence-electron chi connectivity index (χ1n) is 6.03. The Balaban J connectivity index is 2.09. The van der Waals surface area contributed by atoms with Crippen molar-refractivity contribution >= 4 is 23.4 Å². The number of nitrogens with one attached hydrogen (secondary N) is 2. The molecule has 5 heteroatoms. The van der Waals surface area contributed by atoms with Crippen molar-refractivity contribution in [3.63, 3.8) is 0 Å². The summed E-state index contributed by atoms with van der Waals surface area (Å²) < 4.78 is 0. The second-order valence-electron chi connectivity index (χ2n) is 4.28. The largest absolute Gasteiger partial charge is 0.465 e. The Kier molecular flexibility index (Phi) is 4.00. The molecule has 0 spiro atoms. The van der Waals surface area contributed by atoms with Crippen LogP contribution in [0.1, 0.15) is 15.9 Å². The lowest BCUT2D eigenvalue weighted by molar-refractivity contribution is 0.102. The molecule has 2 rings (SSSR count). The molecule has 20 heavy (non-hydrogen) atoms. The summed E-state index contributed by atoms with van der Waals surface area (Å²) in [6.45, 7) is 1.87. The average molecular weight is 270 g/mol. The highest BCUT2D eigenvalue weighted by Crippen LogP contribution is 2.15. The number of benzene rings is 2. The quantitative estimate of drug-likeness (QED) is 0.800. The molecule has 0 fully saturated rings. The first-order chi connectivity index (χ1) is 9.56. The molecule has 0 heterocycles. The fourth-order valence-corrected chi connectivity index (χ4v) is 1.79. The monoisotopic (exact) mass is 270 g/mol. The van der Waals surface area contributed by atoms with E-state index in [2.05, 4.69) is 10.6 Å². The van der Waals surface area contributed by atoms with Crippen molar-refractivity contribution in [3.8, 4) is 0 Å². The van der Waals surface area contributed by atoms with Gasteiger partial charge in [-0.15, -0.1) is 0 Å². The van der Waals surface area contributed by atoms with E-state index in [4.69, 9.17) is 5.11 Å². The molecule has 0 aromatic heterocycles. The third-order valence-electron chi connectivity index (χ3n) is 2.78. The van der Waals surface area contributed by atoms with Gasteiger partial charge in [-0.3, -0.25) is 10.1 Å². The van der Waals surface area contributed by atoms with Gasteiger partial charge in [0.05, 0.1) is 0 Å². The smallest absolute Gasteiger partial charge is 0.409 e. The van der Waals surface area contributed by atoms with Crippen LogP contribution in [0.2, 0.25) is 0 Å². The van der Waals surface area contributed by atoms with Crippen molar-refractivity contribution in [2.45, 2.75) is 6.92 Å². The SMILES string of the molecule is Cc1ccccc1C(=O)Nc1ccc(NC(=O)O)cc1. The van der Waals surface area contributed by atoms with Gasteiger partial charge >= 0.3 is 6.09 Å². The number of aryl methyl sites for hydroxylation is 1. The van der Waals surface area contributed by atoms with Gasteiger partial charge in [-0.05, 0) is 42.8 Å². The van der Waals surface area contributed by atoms with Gasteiger partial charge in [-0.2, -0.15) is 0 Å². The third kappa shape index (κ3) is 3.35. The number of hydrogen-bond acceptors (Lipinski definition) is 2. The molecular weight excluding hydrogens is 256 g/mol. The number of rotatable bonds is 3. The van der Waals surface area contributed by atoms with Crippen molar-refractivity contribution in [3.05, 3.63) is 59.7 Å². The molecule has 0 saturated heterocycles. The van der Waals surface area contributed by atoms with Crippen LogP contribution in [0.3, 0.4) is 0 Å². The Labute approximate surface area is 116 Å². The highest BCUT2D eigenvalue weighted by molar-refractivity contribution is 6.05. The highest BCUT2D eigenvalue weighted by atomic mass is 16.4. The molecule has 0 bridgehead atoms. The van der Waals surface area contributed by atoms with Crippen molar-refractivity contribution in [1.82, 2.24) is 0 Å². The van der Waals surface area contributed by atoms with Gasteiger partial charge in [-0.1, -0.05) is 18.2 Å². The van der Waals surface area contributed by atoms with E-state index >= 15 is 0 Å². The minimum atomic E-state index is -1.12. The Morgan fingerprint density at radius 3 is 2.00 bits per heavy atom. The predicted octanol–water partition coefficient (Wildman–Crippen LogP) is 3.34. The lowest BCUT2D eigenvalue weighted by Crippen LogP contribution is -2.13. The lowest BCUT2D eigenvalue weighted by atomic mass is 10.1. The van der Waals surface area contributed by atoms with Gasteiger partial charge in [0.2, 0.25) is 0 Å². The zero-order valence-electron chi connectivity index (χ0n) is 10.9. The topological polar surface area (TPSA) is 78.4 Å². The molecule has 0 saturated carbocycles. The first kappa shape index (κ1) is 13.6. The van der Waals surface area contributed by atoms with E-state index in [9.17, 15) is 9.59 Å². The van der Waals surface area contributed by atoms with E-state index in [-0.39, 0.29) is 5.91 Å². The Bertz CT molecular complexity index is 636. The second-order valence-corrected chi connectivity index (χ2v) is 4.28. The summed E-state index contributed by atoms with van der Waals surface area (Å²) >= 11 is 0. The molecule has 0 atom stereocenters.